The summed E-state index contributed by atoms with van der Waals surface area (Å²) < 4.78 is 2.17. The van der Waals surface area contributed by atoms with Crippen LogP contribution in [0.1, 0.15) is 48.1 Å². The molecule has 1 saturated carbocycles. The second kappa shape index (κ2) is 12.4. The maximum absolute atomic E-state index is 13.7. The molecule has 0 atom stereocenters. The van der Waals surface area contributed by atoms with Crippen molar-refractivity contribution in [2.75, 3.05) is 26.2 Å². The van der Waals surface area contributed by atoms with Crippen LogP contribution < -0.4 is 0 Å². The summed E-state index contributed by atoms with van der Waals surface area (Å²) in [5, 5.41) is 9.00. The molecule has 1 saturated heterocycles. The van der Waals surface area contributed by atoms with Gasteiger partial charge in [-0.05, 0) is 36.1 Å². The van der Waals surface area contributed by atoms with E-state index in [1.54, 1.807) is 0 Å². The number of imidazole rings is 1. The van der Waals surface area contributed by atoms with E-state index in [2.05, 4.69) is 49.7 Å². The Balaban J connectivity index is 0.00000180. The number of rotatable bonds is 6. The van der Waals surface area contributed by atoms with Gasteiger partial charge in [-0.1, -0.05) is 55.3 Å². The highest BCUT2D eigenvalue weighted by Gasteiger charge is 2.45. The number of carbonyl (C=O) groups is 1. The Morgan fingerprint density at radius 1 is 0.917 bits per heavy atom. The summed E-state index contributed by atoms with van der Waals surface area (Å²) in [7, 11) is 0. The van der Waals surface area contributed by atoms with Crippen molar-refractivity contribution in [2.24, 2.45) is 0 Å². The van der Waals surface area contributed by atoms with Crippen molar-refractivity contribution in [3.63, 3.8) is 0 Å². The zero-order valence-electron chi connectivity index (χ0n) is 20.4. The van der Waals surface area contributed by atoms with Gasteiger partial charge < -0.3 is 9.47 Å². The molecule has 36 heavy (non-hydrogen) atoms. The molecule has 0 N–H and O–H groups in total. The Bertz CT molecular complexity index is 1160. The number of carbonyl (C=O) groups excluding carboxylic acids is 1. The lowest BCUT2D eigenvalue weighted by Gasteiger charge is -2.40. The van der Waals surface area contributed by atoms with Gasteiger partial charge in [-0.25, -0.2) is 4.98 Å². The van der Waals surface area contributed by atoms with Crippen molar-refractivity contribution in [1.29, 1.82) is 5.26 Å². The first-order valence-electron chi connectivity index (χ1n) is 12.2. The van der Waals surface area contributed by atoms with E-state index >= 15 is 0 Å². The zero-order valence-corrected chi connectivity index (χ0v) is 22.0. The van der Waals surface area contributed by atoms with E-state index in [9.17, 15) is 4.79 Å². The first kappa shape index (κ1) is 27.7. The van der Waals surface area contributed by atoms with Gasteiger partial charge in [-0.2, -0.15) is 5.26 Å². The first-order chi connectivity index (χ1) is 16.7. The predicted octanol–water partition coefficient (Wildman–Crippen LogP) is 4.80. The third-order valence-corrected chi connectivity index (χ3v) is 7.47. The standard InChI is InChI=1S/C28H31N5O.2ClH/c29-18-23-8-10-24(11-9-23)20-33-22-30-19-26(33)21-31-14-16-32(17-15-31)27(34)28(12-4-5-13-28)25-6-2-1-3-7-25;;/h1-3,6-11,19,22H,4-5,12-17,20-21H2;2*1H. The molecule has 3 aromatic rings. The van der Waals surface area contributed by atoms with Crippen LogP contribution in [0.4, 0.5) is 0 Å². The topological polar surface area (TPSA) is 65.2 Å². The molecule has 2 aliphatic rings. The van der Waals surface area contributed by atoms with E-state index in [0.717, 1.165) is 70.5 Å². The Kier molecular flexibility index (Phi) is 9.56. The Labute approximate surface area is 225 Å². The molecule has 2 heterocycles. The summed E-state index contributed by atoms with van der Waals surface area (Å²) in [5.74, 6) is 0.321. The molecule has 0 bridgehead atoms. The lowest BCUT2D eigenvalue weighted by Crippen LogP contribution is -2.53. The molecule has 2 aromatic carbocycles. The molecule has 8 heteroatoms. The smallest absolute Gasteiger partial charge is 0.233 e. The largest absolute Gasteiger partial charge is 0.339 e. The van der Waals surface area contributed by atoms with Crippen LogP contribution in [0, 0.1) is 11.3 Å². The molecule has 5 rings (SSSR count). The van der Waals surface area contributed by atoms with Crippen LogP contribution in [0.3, 0.4) is 0 Å². The molecule has 1 aliphatic carbocycles. The second-order valence-corrected chi connectivity index (χ2v) is 9.55. The Morgan fingerprint density at radius 3 is 2.22 bits per heavy atom. The number of amides is 1. The van der Waals surface area contributed by atoms with Crippen molar-refractivity contribution in [1.82, 2.24) is 19.4 Å². The van der Waals surface area contributed by atoms with Crippen LogP contribution >= 0.6 is 24.8 Å². The average molecular weight is 527 g/mol. The van der Waals surface area contributed by atoms with Gasteiger partial charge in [0, 0.05) is 45.5 Å². The number of hydrogen-bond donors (Lipinski definition) is 0. The highest BCUT2D eigenvalue weighted by atomic mass is 35.5. The number of halogens is 2. The highest BCUT2D eigenvalue weighted by Crippen LogP contribution is 2.42. The van der Waals surface area contributed by atoms with Crippen LogP contribution in [0.2, 0.25) is 0 Å². The van der Waals surface area contributed by atoms with Gasteiger partial charge in [0.2, 0.25) is 5.91 Å². The van der Waals surface area contributed by atoms with Crippen molar-refractivity contribution >= 4 is 30.7 Å². The molecular weight excluding hydrogens is 493 g/mol. The van der Waals surface area contributed by atoms with Gasteiger partial charge in [0.05, 0.1) is 29.1 Å². The molecule has 1 aromatic heterocycles. The molecule has 6 nitrogen and oxygen atoms in total. The maximum atomic E-state index is 13.7. The quantitative estimate of drug-likeness (QED) is 0.463. The molecule has 0 spiro atoms. The normalized spacial score (nSPS) is 17.0. The number of nitriles is 1. The van der Waals surface area contributed by atoms with Crippen molar-refractivity contribution < 1.29 is 4.79 Å². The fraction of sp³-hybridized carbons (Fsp3) is 0.393. The molecule has 190 valence electrons. The highest BCUT2D eigenvalue weighted by molar-refractivity contribution is 5.88. The molecule has 0 unspecified atom stereocenters. The SMILES string of the molecule is Cl.Cl.N#Cc1ccc(Cn2cncc2CN2CCN(C(=O)C3(c4ccccc4)CCCC3)CC2)cc1. The van der Waals surface area contributed by atoms with Gasteiger partial charge in [0.15, 0.2) is 0 Å². The fourth-order valence-corrected chi connectivity index (χ4v) is 5.51. The fourth-order valence-electron chi connectivity index (χ4n) is 5.51. The number of piperazine rings is 1. The minimum absolute atomic E-state index is 0. The number of nitrogens with zero attached hydrogens (tertiary/aromatic N) is 5. The third-order valence-electron chi connectivity index (χ3n) is 7.47. The average Bonchev–Trinajstić information content (AvgIpc) is 3.56. The van der Waals surface area contributed by atoms with Crippen molar-refractivity contribution in [3.8, 4) is 6.07 Å². The summed E-state index contributed by atoms with van der Waals surface area (Å²) in [6, 6.07) is 20.3. The van der Waals surface area contributed by atoms with Gasteiger partial charge >= 0.3 is 0 Å². The van der Waals surface area contributed by atoms with E-state index in [1.807, 2.05) is 42.9 Å². The van der Waals surface area contributed by atoms with Crippen LogP contribution in [-0.4, -0.2) is 51.4 Å². The number of benzene rings is 2. The zero-order chi connectivity index (χ0) is 23.4. The predicted molar refractivity (Wildman–Crippen MR) is 145 cm³/mol. The number of hydrogen-bond acceptors (Lipinski definition) is 4. The molecular formula is C28H33Cl2N5O. The third kappa shape index (κ3) is 5.75. The van der Waals surface area contributed by atoms with Crippen LogP contribution in [0.5, 0.6) is 0 Å². The van der Waals surface area contributed by atoms with E-state index in [-0.39, 0.29) is 30.2 Å². The summed E-state index contributed by atoms with van der Waals surface area (Å²) >= 11 is 0. The van der Waals surface area contributed by atoms with Gasteiger partial charge in [-0.15, -0.1) is 24.8 Å². The van der Waals surface area contributed by atoms with E-state index in [0.29, 0.717) is 11.5 Å². The van der Waals surface area contributed by atoms with Crippen LogP contribution in [0.25, 0.3) is 0 Å². The first-order valence-corrected chi connectivity index (χ1v) is 12.2. The summed E-state index contributed by atoms with van der Waals surface area (Å²) in [6.07, 6.45) is 7.99. The minimum atomic E-state index is -0.330. The summed E-state index contributed by atoms with van der Waals surface area (Å²) in [4.78, 5) is 22.6. The lowest BCUT2D eigenvalue weighted by molar-refractivity contribution is -0.139. The molecule has 1 aliphatic heterocycles. The van der Waals surface area contributed by atoms with E-state index in [1.165, 1.54) is 11.3 Å². The van der Waals surface area contributed by atoms with Crippen molar-refractivity contribution in [3.05, 3.63) is 89.5 Å². The van der Waals surface area contributed by atoms with E-state index < -0.39 is 0 Å². The van der Waals surface area contributed by atoms with Crippen LogP contribution in [-0.2, 0) is 23.3 Å². The summed E-state index contributed by atoms with van der Waals surface area (Å²) in [6.45, 7) is 4.85. The number of aromatic nitrogens is 2. The van der Waals surface area contributed by atoms with Crippen molar-refractivity contribution in [2.45, 2.75) is 44.2 Å². The maximum Gasteiger partial charge on any atom is 0.233 e. The van der Waals surface area contributed by atoms with Gasteiger partial charge in [0.25, 0.3) is 0 Å². The van der Waals surface area contributed by atoms with Gasteiger partial charge in [-0.3, -0.25) is 9.69 Å². The summed E-state index contributed by atoms with van der Waals surface area (Å²) in [5.41, 5.74) is 3.85. The second-order valence-electron chi connectivity index (χ2n) is 9.55. The molecule has 0 radical (unpaired) electrons. The molecule has 2 fully saturated rings. The molecule has 1 amide bonds. The van der Waals surface area contributed by atoms with Gasteiger partial charge in [0.1, 0.15) is 0 Å². The monoisotopic (exact) mass is 525 g/mol. The minimum Gasteiger partial charge on any atom is -0.339 e. The lowest BCUT2D eigenvalue weighted by atomic mass is 9.77. The van der Waals surface area contributed by atoms with Crippen LogP contribution in [0.15, 0.2) is 67.1 Å². The Morgan fingerprint density at radius 2 is 1.58 bits per heavy atom. The van der Waals surface area contributed by atoms with E-state index in [4.69, 9.17) is 5.26 Å². The Hall–Kier alpha value is -2.85.